The van der Waals surface area contributed by atoms with Crippen molar-refractivity contribution in [3.63, 3.8) is 0 Å². The van der Waals surface area contributed by atoms with Crippen LogP contribution in [0.1, 0.15) is 41.9 Å². The normalized spacial score (nSPS) is 15.9. The van der Waals surface area contributed by atoms with Gasteiger partial charge >= 0.3 is 0 Å². The summed E-state index contributed by atoms with van der Waals surface area (Å²) in [7, 11) is 0. The van der Waals surface area contributed by atoms with Crippen LogP contribution in [0.15, 0.2) is 48.5 Å². The van der Waals surface area contributed by atoms with Gasteiger partial charge in [-0.15, -0.1) is 12.4 Å². The SMILES string of the molecule is Cl.Nc1ccccc1CCC(=O)NCC1CCCc2ccccc21. The van der Waals surface area contributed by atoms with Crippen molar-refractivity contribution >= 4 is 24.0 Å². The number of hydrogen-bond acceptors (Lipinski definition) is 2. The van der Waals surface area contributed by atoms with E-state index in [1.54, 1.807) is 0 Å². The number of para-hydroxylation sites is 1. The summed E-state index contributed by atoms with van der Waals surface area (Å²) in [6, 6.07) is 16.4. The molecule has 2 aromatic rings. The van der Waals surface area contributed by atoms with Gasteiger partial charge in [-0.05, 0) is 48.4 Å². The first kappa shape index (κ1) is 18.3. The molecule has 1 unspecified atom stereocenters. The molecule has 4 heteroatoms. The van der Waals surface area contributed by atoms with Gasteiger partial charge in [0, 0.05) is 24.6 Å². The van der Waals surface area contributed by atoms with Crippen LogP contribution in [0.4, 0.5) is 5.69 Å². The number of hydrogen-bond donors (Lipinski definition) is 2. The molecule has 1 aliphatic rings. The second-order valence-corrected chi connectivity index (χ2v) is 6.29. The molecule has 2 aromatic carbocycles. The van der Waals surface area contributed by atoms with E-state index in [-0.39, 0.29) is 18.3 Å². The summed E-state index contributed by atoms with van der Waals surface area (Å²) in [5, 5.41) is 3.10. The van der Waals surface area contributed by atoms with E-state index in [2.05, 4.69) is 29.6 Å². The molecule has 0 fully saturated rings. The Morgan fingerprint density at radius 1 is 1.12 bits per heavy atom. The van der Waals surface area contributed by atoms with Gasteiger partial charge in [0.05, 0.1) is 0 Å². The lowest BCUT2D eigenvalue weighted by Crippen LogP contribution is -2.30. The number of carbonyl (C=O) groups excluding carboxylic acids is 1. The molecular formula is C20H25ClN2O. The summed E-state index contributed by atoms with van der Waals surface area (Å²) < 4.78 is 0. The van der Waals surface area contributed by atoms with Crippen LogP contribution in [0.25, 0.3) is 0 Å². The largest absolute Gasteiger partial charge is 0.399 e. The Balaban J connectivity index is 0.00000208. The van der Waals surface area contributed by atoms with Crippen molar-refractivity contribution in [1.29, 1.82) is 0 Å². The van der Waals surface area contributed by atoms with E-state index in [0.717, 1.165) is 30.6 Å². The molecule has 0 radical (unpaired) electrons. The van der Waals surface area contributed by atoms with Crippen LogP contribution in [-0.4, -0.2) is 12.5 Å². The van der Waals surface area contributed by atoms with Crippen LogP contribution in [0.2, 0.25) is 0 Å². The average Bonchev–Trinajstić information content (AvgIpc) is 2.59. The maximum atomic E-state index is 12.1. The molecule has 0 saturated carbocycles. The number of nitrogens with one attached hydrogen (secondary N) is 1. The maximum Gasteiger partial charge on any atom is 0.220 e. The van der Waals surface area contributed by atoms with Gasteiger partial charge in [0.1, 0.15) is 0 Å². The van der Waals surface area contributed by atoms with Crippen molar-refractivity contribution in [2.45, 2.75) is 38.0 Å². The highest BCUT2D eigenvalue weighted by molar-refractivity contribution is 5.85. The molecule has 3 N–H and O–H groups in total. The molecule has 1 amide bonds. The van der Waals surface area contributed by atoms with Crippen molar-refractivity contribution in [3.05, 3.63) is 65.2 Å². The Bertz CT molecular complexity index is 687. The quantitative estimate of drug-likeness (QED) is 0.809. The summed E-state index contributed by atoms with van der Waals surface area (Å²) in [4.78, 5) is 12.1. The molecule has 1 aliphatic carbocycles. The third-order valence-corrected chi connectivity index (χ3v) is 4.72. The van der Waals surface area contributed by atoms with E-state index in [0.29, 0.717) is 18.8 Å². The third kappa shape index (κ3) is 4.51. The zero-order valence-corrected chi connectivity index (χ0v) is 14.6. The number of nitrogen functional groups attached to an aromatic ring is 1. The van der Waals surface area contributed by atoms with Crippen LogP contribution in [0, 0.1) is 0 Å². The predicted octanol–water partition coefficient (Wildman–Crippen LogP) is 3.86. The maximum absolute atomic E-state index is 12.1. The molecule has 24 heavy (non-hydrogen) atoms. The van der Waals surface area contributed by atoms with Gasteiger partial charge in [0.25, 0.3) is 0 Å². The topological polar surface area (TPSA) is 55.1 Å². The number of rotatable bonds is 5. The molecule has 1 atom stereocenters. The molecule has 0 heterocycles. The van der Waals surface area contributed by atoms with Gasteiger partial charge in [-0.3, -0.25) is 4.79 Å². The second-order valence-electron chi connectivity index (χ2n) is 6.29. The number of nitrogens with two attached hydrogens (primary N) is 1. The monoisotopic (exact) mass is 344 g/mol. The van der Waals surface area contributed by atoms with Crippen LogP contribution in [0.3, 0.4) is 0 Å². The molecule has 0 aliphatic heterocycles. The van der Waals surface area contributed by atoms with Crippen LogP contribution < -0.4 is 11.1 Å². The number of benzene rings is 2. The van der Waals surface area contributed by atoms with Crippen LogP contribution in [0.5, 0.6) is 0 Å². The molecule has 128 valence electrons. The summed E-state index contributed by atoms with van der Waals surface area (Å²) in [5.41, 5.74) is 10.6. The minimum absolute atomic E-state index is 0. The fourth-order valence-electron chi connectivity index (χ4n) is 3.40. The number of aryl methyl sites for hydroxylation is 2. The van der Waals surface area contributed by atoms with Gasteiger partial charge in [-0.2, -0.15) is 0 Å². The molecule has 3 rings (SSSR count). The molecule has 0 saturated heterocycles. The van der Waals surface area contributed by atoms with Crippen molar-refractivity contribution in [1.82, 2.24) is 5.32 Å². The predicted molar refractivity (Wildman–Crippen MR) is 102 cm³/mol. The minimum atomic E-state index is 0. The first-order valence-corrected chi connectivity index (χ1v) is 8.42. The van der Waals surface area contributed by atoms with Crippen molar-refractivity contribution in [3.8, 4) is 0 Å². The average molecular weight is 345 g/mol. The van der Waals surface area contributed by atoms with E-state index in [9.17, 15) is 4.79 Å². The van der Waals surface area contributed by atoms with Crippen LogP contribution >= 0.6 is 12.4 Å². The molecule has 0 bridgehead atoms. The number of halogens is 1. The van der Waals surface area contributed by atoms with Gasteiger partial charge in [-0.1, -0.05) is 42.5 Å². The standard InChI is InChI=1S/C20H24N2O.ClH/c21-19-11-4-2-7-16(19)12-13-20(23)22-14-17-9-5-8-15-6-1-3-10-18(15)17;/h1-4,6-7,10-11,17H,5,8-9,12-14,21H2,(H,22,23);1H. The van der Waals surface area contributed by atoms with Crippen LogP contribution in [-0.2, 0) is 17.6 Å². The number of carbonyl (C=O) groups is 1. The summed E-state index contributed by atoms with van der Waals surface area (Å²) >= 11 is 0. The molecular weight excluding hydrogens is 320 g/mol. The molecule has 3 nitrogen and oxygen atoms in total. The van der Waals surface area contributed by atoms with Gasteiger partial charge in [-0.25, -0.2) is 0 Å². The Hall–Kier alpha value is -2.00. The number of fused-ring (bicyclic) bond motifs is 1. The van der Waals surface area contributed by atoms with Crippen molar-refractivity contribution in [2.75, 3.05) is 12.3 Å². The van der Waals surface area contributed by atoms with E-state index >= 15 is 0 Å². The Morgan fingerprint density at radius 2 is 1.88 bits per heavy atom. The second kappa shape index (κ2) is 8.74. The highest BCUT2D eigenvalue weighted by Crippen LogP contribution is 2.30. The molecule has 0 spiro atoms. The van der Waals surface area contributed by atoms with E-state index in [1.165, 1.54) is 17.5 Å². The van der Waals surface area contributed by atoms with E-state index in [1.807, 2.05) is 24.3 Å². The lowest BCUT2D eigenvalue weighted by molar-refractivity contribution is -0.121. The number of amides is 1. The smallest absolute Gasteiger partial charge is 0.220 e. The minimum Gasteiger partial charge on any atom is -0.399 e. The van der Waals surface area contributed by atoms with E-state index in [4.69, 9.17) is 5.73 Å². The Labute approximate surface area is 150 Å². The fraction of sp³-hybridized carbons (Fsp3) is 0.350. The molecule has 0 aromatic heterocycles. The first-order valence-electron chi connectivity index (χ1n) is 8.42. The Morgan fingerprint density at radius 3 is 2.71 bits per heavy atom. The van der Waals surface area contributed by atoms with Gasteiger partial charge in [0.2, 0.25) is 5.91 Å². The zero-order valence-electron chi connectivity index (χ0n) is 13.8. The lowest BCUT2D eigenvalue weighted by Gasteiger charge is -2.25. The third-order valence-electron chi connectivity index (χ3n) is 4.72. The summed E-state index contributed by atoms with van der Waals surface area (Å²) in [5.74, 6) is 0.557. The highest BCUT2D eigenvalue weighted by atomic mass is 35.5. The fourth-order valence-corrected chi connectivity index (χ4v) is 3.40. The van der Waals surface area contributed by atoms with Crippen molar-refractivity contribution in [2.24, 2.45) is 0 Å². The van der Waals surface area contributed by atoms with Gasteiger partial charge < -0.3 is 11.1 Å². The summed E-state index contributed by atoms with van der Waals surface area (Å²) in [6.45, 7) is 0.736. The first-order chi connectivity index (χ1) is 11.2. The van der Waals surface area contributed by atoms with Crippen molar-refractivity contribution < 1.29 is 4.79 Å². The summed E-state index contributed by atoms with van der Waals surface area (Å²) in [6.07, 6.45) is 4.71. The highest BCUT2D eigenvalue weighted by Gasteiger charge is 2.20. The number of anilines is 1. The van der Waals surface area contributed by atoms with E-state index < -0.39 is 0 Å². The zero-order chi connectivity index (χ0) is 16.1. The van der Waals surface area contributed by atoms with Gasteiger partial charge in [0.15, 0.2) is 0 Å². The Kier molecular flexibility index (Phi) is 6.68. The lowest BCUT2D eigenvalue weighted by atomic mass is 9.83.